The Kier molecular flexibility index (Phi) is 4.58. The summed E-state index contributed by atoms with van der Waals surface area (Å²) in [4.78, 5) is 14.5. The van der Waals surface area contributed by atoms with E-state index < -0.39 is 0 Å². The molecule has 0 atom stereocenters. The molecule has 0 aliphatic heterocycles. The molecule has 0 bridgehead atoms. The smallest absolute Gasteiger partial charge is 0.270 e. The summed E-state index contributed by atoms with van der Waals surface area (Å²) < 4.78 is 6.43. The zero-order chi connectivity index (χ0) is 17.2. The number of rotatable bonds is 5. The Morgan fingerprint density at radius 3 is 2.96 bits per heavy atom. The molecular weight excluding hydrogens is 358 g/mol. The molecule has 0 unspecified atom stereocenters. The molecule has 3 aromatic rings. The van der Waals surface area contributed by atoms with Crippen LogP contribution in [0.25, 0.3) is 10.1 Å². The lowest BCUT2D eigenvalue weighted by molar-refractivity contribution is 0.102. The molecule has 1 fully saturated rings. The Labute approximate surface area is 152 Å². The van der Waals surface area contributed by atoms with Crippen molar-refractivity contribution in [3.63, 3.8) is 0 Å². The van der Waals surface area contributed by atoms with E-state index in [2.05, 4.69) is 25.9 Å². The van der Waals surface area contributed by atoms with Crippen LogP contribution in [-0.4, -0.2) is 38.9 Å². The number of thiophene rings is 1. The second-order valence-electron chi connectivity index (χ2n) is 5.84. The maximum Gasteiger partial charge on any atom is 0.270 e. The number of anilines is 1. The molecule has 9 heteroatoms. The minimum absolute atomic E-state index is 0.178. The number of hydrogen-bond acceptors (Lipinski definition) is 7. The van der Waals surface area contributed by atoms with Crippen molar-refractivity contribution in [2.24, 2.45) is 0 Å². The average molecular weight is 375 g/mol. The standard InChI is InChI=1S/C16H17N5O2S2/c1-23-9-6-7-12-11(8-9)13(24-10-4-2-3-5-10)14(25-12)15(22)17-16-18-20-21-19-16/h6-8,10H,2-5H2,1H3,(H2,17,18,19,20,21,22). The summed E-state index contributed by atoms with van der Waals surface area (Å²) in [6.45, 7) is 0. The van der Waals surface area contributed by atoms with Crippen LogP contribution < -0.4 is 10.1 Å². The van der Waals surface area contributed by atoms with E-state index in [1.54, 1.807) is 18.9 Å². The summed E-state index contributed by atoms with van der Waals surface area (Å²) in [5, 5.41) is 17.7. The van der Waals surface area contributed by atoms with E-state index in [0.29, 0.717) is 10.1 Å². The highest BCUT2D eigenvalue weighted by atomic mass is 32.2. The zero-order valence-corrected chi connectivity index (χ0v) is 15.2. The SMILES string of the molecule is COc1ccc2sc(C(=O)Nc3nn[nH]n3)c(SC3CCCC3)c2c1. The lowest BCUT2D eigenvalue weighted by atomic mass is 10.2. The monoisotopic (exact) mass is 375 g/mol. The van der Waals surface area contributed by atoms with E-state index in [1.165, 1.54) is 37.0 Å². The summed E-state index contributed by atoms with van der Waals surface area (Å²) >= 11 is 3.29. The summed E-state index contributed by atoms with van der Waals surface area (Å²) in [6, 6.07) is 5.93. The maximum absolute atomic E-state index is 12.8. The van der Waals surface area contributed by atoms with Gasteiger partial charge < -0.3 is 4.74 Å². The number of nitrogens with zero attached hydrogens (tertiary/aromatic N) is 3. The number of aromatic amines is 1. The van der Waals surface area contributed by atoms with Crippen LogP contribution in [0.1, 0.15) is 35.4 Å². The van der Waals surface area contributed by atoms with Gasteiger partial charge in [0.2, 0.25) is 0 Å². The Hall–Kier alpha value is -2.13. The van der Waals surface area contributed by atoms with Crippen molar-refractivity contribution in [2.75, 3.05) is 12.4 Å². The van der Waals surface area contributed by atoms with Gasteiger partial charge in [-0.2, -0.15) is 5.21 Å². The number of carbonyl (C=O) groups excluding carboxylic acids is 1. The number of carbonyl (C=O) groups is 1. The van der Waals surface area contributed by atoms with E-state index in [4.69, 9.17) is 4.74 Å². The number of hydrogen-bond donors (Lipinski definition) is 2. The van der Waals surface area contributed by atoms with Gasteiger partial charge in [-0.15, -0.1) is 28.2 Å². The fourth-order valence-corrected chi connectivity index (χ4v) is 5.70. The average Bonchev–Trinajstić information content (AvgIpc) is 3.36. The number of methoxy groups -OCH3 is 1. The van der Waals surface area contributed by atoms with Crippen LogP contribution in [0.3, 0.4) is 0 Å². The molecule has 1 aliphatic rings. The fourth-order valence-electron chi connectivity index (χ4n) is 2.99. The first-order valence-electron chi connectivity index (χ1n) is 8.06. The van der Waals surface area contributed by atoms with E-state index in [-0.39, 0.29) is 11.9 Å². The number of aromatic nitrogens is 4. The summed E-state index contributed by atoms with van der Waals surface area (Å²) in [6.07, 6.45) is 4.90. The van der Waals surface area contributed by atoms with Crippen molar-refractivity contribution in [1.82, 2.24) is 20.6 Å². The second-order valence-corrected chi connectivity index (χ2v) is 8.20. The van der Waals surface area contributed by atoms with Gasteiger partial charge >= 0.3 is 0 Å². The number of H-pyrrole nitrogens is 1. The number of ether oxygens (including phenoxy) is 1. The minimum Gasteiger partial charge on any atom is -0.497 e. The lowest BCUT2D eigenvalue weighted by Crippen LogP contribution is -2.12. The van der Waals surface area contributed by atoms with Crippen LogP contribution in [0.2, 0.25) is 0 Å². The summed E-state index contributed by atoms with van der Waals surface area (Å²) in [7, 11) is 1.65. The first-order valence-corrected chi connectivity index (χ1v) is 9.76. The van der Waals surface area contributed by atoms with Crippen LogP contribution in [-0.2, 0) is 0 Å². The fraction of sp³-hybridized carbons (Fsp3) is 0.375. The van der Waals surface area contributed by atoms with E-state index >= 15 is 0 Å². The third kappa shape index (κ3) is 3.34. The minimum atomic E-state index is -0.206. The molecule has 1 amide bonds. The van der Waals surface area contributed by atoms with Crippen molar-refractivity contribution in [3.8, 4) is 5.75 Å². The molecule has 1 saturated carbocycles. The molecular formula is C16H17N5O2S2. The van der Waals surface area contributed by atoms with Crippen molar-refractivity contribution >= 4 is 45.0 Å². The van der Waals surface area contributed by atoms with Crippen molar-refractivity contribution in [1.29, 1.82) is 0 Å². The van der Waals surface area contributed by atoms with E-state index in [1.807, 2.05) is 18.2 Å². The van der Waals surface area contributed by atoms with Crippen LogP contribution in [0.15, 0.2) is 23.1 Å². The van der Waals surface area contributed by atoms with Crippen LogP contribution in [0.4, 0.5) is 5.95 Å². The molecule has 2 N–H and O–H groups in total. The van der Waals surface area contributed by atoms with E-state index in [0.717, 1.165) is 20.7 Å². The second kappa shape index (κ2) is 7.01. The first-order chi connectivity index (χ1) is 12.2. The summed E-state index contributed by atoms with van der Waals surface area (Å²) in [5.74, 6) is 0.766. The van der Waals surface area contributed by atoms with Gasteiger partial charge in [0.05, 0.1) is 7.11 Å². The van der Waals surface area contributed by atoms with Crippen molar-refractivity contribution in [3.05, 3.63) is 23.1 Å². The molecule has 0 spiro atoms. The number of amides is 1. The molecule has 4 rings (SSSR count). The topological polar surface area (TPSA) is 92.8 Å². The van der Waals surface area contributed by atoms with Gasteiger partial charge in [0, 0.05) is 20.2 Å². The van der Waals surface area contributed by atoms with Crippen LogP contribution in [0, 0.1) is 0 Å². The Bertz CT molecular complexity index is 887. The summed E-state index contributed by atoms with van der Waals surface area (Å²) in [5.41, 5.74) is 0. The highest BCUT2D eigenvalue weighted by Crippen LogP contribution is 2.44. The van der Waals surface area contributed by atoms with Crippen LogP contribution >= 0.6 is 23.1 Å². The Morgan fingerprint density at radius 2 is 2.24 bits per heavy atom. The van der Waals surface area contributed by atoms with Crippen molar-refractivity contribution in [2.45, 2.75) is 35.8 Å². The highest BCUT2D eigenvalue weighted by molar-refractivity contribution is 8.00. The number of thioether (sulfide) groups is 1. The van der Waals surface area contributed by atoms with Crippen molar-refractivity contribution < 1.29 is 9.53 Å². The van der Waals surface area contributed by atoms with Gasteiger partial charge in [-0.05, 0) is 36.3 Å². The van der Waals surface area contributed by atoms with Gasteiger partial charge in [-0.3, -0.25) is 10.1 Å². The molecule has 25 heavy (non-hydrogen) atoms. The highest BCUT2D eigenvalue weighted by Gasteiger charge is 2.25. The molecule has 1 aromatic carbocycles. The molecule has 7 nitrogen and oxygen atoms in total. The molecule has 0 saturated heterocycles. The first kappa shape index (κ1) is 16.3. The molecule has 2 heterocycles. The van der Waals surface area contributed by atoms with E-state index in [9.17, 15) is 4.79 Å². The number of tetrazole rings is 1. The third-order valence-corrected chi connectivity index (χ3v) is 6.98. The van der Waals surface area contributed by atoms with Gasteiger partial charge in [0.25, 0.3) is 11.9 Å². The zero-order valence-electron chi connectivity index (χ0n) is 13.6. The molecule has 0 radical (unpaired) electrons. The van der Waals surface area contributed by atoms with Gasteiger partial charge in [-0.1, -0.05) is 17.9 Å². The van der Waals surface area contributed by atoms with Gasteiger partial charge in [0.15, 0.2) is 0 Å². The molecule has 130 valence electrons. The third-order valence-electron chi connectivity index (χ3n) is 4.21. The van der Waals surface area contributed by atoms with Crippen LogP contribution in [0.5, 0.6) is 5.75 Å². The normalized spacial score (nSPS) is 14.9. The number of benzene rings is 1. The van der Waals surface area contributed by atoms with Gasteiger partial charge in [-0.25, -0.2) is 0 Å². The molecule has 1 aliphatic carbocycles. The number of fused-ring (bicyclic) bond motifs is 1. The molecule has 2 aromatic heterocycles. The largest absolute Gasteiger partial charge is 0.497 e. The number of nitrogens with one attached hydrogen (secondary N) is 2. The predicted octanol–water partition coefficient (Wildman–Crippen LogP) is 3.71. The Balaban J connectivity index is 1.74. The quantitative estimate of drug-likeness (QED) is 0.706. The van der Waals surface area contributed by atoms with Gasteiger partial charge in [0.1, 0.15) is 10.6 Å². The Morgan fingerprint density at radius 1 is 1.40 bits per heavy atom. The maximum atomic E-state index is 12.8. The predicted molar refractivity (Wildman–Crippen MR) is 98.6 cm³/mol. The lowest BCUT2D eigenvalue weighted by Gasteiger charge is -2.10.